The first-order valence-corrected chi connectivity index (χ1v) is 9.75. The molecule has 142 valence electrons. The monoisotopic (exact) mass is 366 g/mol. The summed E-state index contributed by atoms with van der Waals surface area (Å²) in [5.74, 6) is 1.00. The summed E-state index contributed by atoms with van der Waals surface area (Å²) < 4.78 is 3.99. The molecular weight excluding hydrogens is 340 g/mol. The minimum Gasteiger partial charge on any atom is -0.353 e. The van der Waals surface area contributed by atoms with Gasteiger partial charge in [0.2, 0.25) is 5.91 Å². The number of hydrogen-bond acceptors (Lipinski definition) is 4. The molecule has 1 fully saturated rings. The van der Waals surface area contributed by atoms with Crippen LogP contribution in [-0.4, -0.2) is 37.4 Å². The Morgan fingerprint density at radius 3 is 2.89 bits per heavy atom. The third-order valence-electron chi connectivity index (χ3n) is 5.15. The van der Waals surface area contributed by atoms with Gasteiger partial charge in [-0.25, -0.2) is 9.97 Å². The van der Waals surface area contributed by atoms with Crippen LogP contribution in [0.1, 0.15) is 44.2 Å². The molecule has 0 spiro atoms. The lowest BCUT2D eigenvalue weighted by Crippen LogP contribution is -2.37. The summed E-state index contributed by atoms with van der Waals surface area (Å²) in [6, 6.07) is 6.33. The highest BCUT2D eigenvalue weighted by Gasteiger charge is 2.16. The molecule has 3 heterocycles. The topological polar surface area (TPSA) is 76.2 Å². The number of aromatic nitrogens is 4. The number of carbonyl (C=O) groups excluding carboxylic acids is 1. The standard InChI is InChI=1S/C20H26N6O/c27-19(23-16-6-2-1-3-7-16)9-10-21-14-17-20(25-13-11-22-15-25)24-18-8-4-5-12-26(17)18/h4-5,8,11-13,15-16,21H,1-3,6-7,9-10,14H2,(H,23,27). The van der Waals surface area contributed by atoms with Gasteiger partial charge in [0, 0.05) is 44.1 Å². The Balaban J connectivity index is 1.36. The summed E-state index contributed by atoms with van der Waals surface area (Å²) in [6.07, 6.45) is 13.9. The maximum absolute atomic E-state index is 12.2. The van der Waals surface area contributed by atoms with Gasteiger partial charge in [0.15, 0.2) is 5.82 Å². The van der Waals surface area contributed by atoms with E-state index >= 15 is 0 Å². The Morgan fingerprint density at radius 2 is 2.07 bits per heavy atom. The summed E-state index contributed by atoms with van der Waals surface area (Å²) in [7, 11) is 0. The van der Waals surface area contributed by atoms with Crippen molar-refractivity contribution in [1.82, 2.24) is 29.6 Å². The lowest BCUT2D eigenvalue weighted by Gasteiger charge is -2.22. The van der Waals surface area contributed by atoms with Gasteiger partial charge in [0.05, 0.1) is 5.69 Å². The molecule has 7 heteroatoms. The zero-order valence-corrected chi connectivity index (χ0v) is 15.5. The van der Waals surface area contributed by atoms with Crippen molar-refractivity contribution in [3.05, 3.63) is 48.8 Å². The molecule has 0 unspecified atom stereocenters. The zero-order chi connectivity index (χ0) is 18.5. The van der Waals surface area contributed by atoms with Crippen LogP contribution in [0.2, 0.25) is 0 Å². The van der Waals surface area contributed by atoms with Crippen molar-refractivity contribution >= 4 is 11.6 Å². The molecule has 2 N–H and O–H groups in total. The van der Waals surface area contributed by atoms with Crippen LogP contribution in [0.15, 0.2) is 43.1 Å². The summed E-state index contributed by atoms with van der Waals surface area (Å²) in [5, 5.41) is 6.56. The number of imidazole rings is 2. The van der Waals surface area contributed by atoms with Gasteiger partial charge >= 0.3 is 0 Å². The summed E-state index contributed by atoms with van der Waals surface area (Å²) in [4.78, 5) is 21.0. The maximum atomic E-state index is 12.2. The first-order chi connectivity index (χ1) is 13.3. The van der Waals surface area contributed by atoms with Crippen LogP contribution in [-0.2, 0) is 11.3 Å². The lowest BCUT2D eigenvalue weighted by molar-refractivity contribution is -0.121. The predicted molar refractivity (Wildman–Crippen MR) is 104 cm³/mol. The molecule has 27 heavy (non-hydrogen) atoms. The normalized spacial score (nSPS) is 15.3. The van der Waals surface area contributed by atoms with E-state index in [1.165, 1.54) is 19.3 Å². The van der Waals surface area contributed by atoms with Crippen LogP contribution in [0.3, 0.4) is 0 Å². The first-order valence-electron chi connectivity index (χ1n) is 9.75. The predicted octanol–water partition coefficient (Wildman–Crippen LogP) is 2.45. The lowest BCUT2D eigenvalue weighted by atomic mass is 9.95. The van der Waals surface area contributed by atoms with E-state index in [1.807, 2.05) is 35.2 Å². The fourth-order valence-electron chi connectivity index (χ4n) is 3.75. The van der Waals surface area contributed by atoms with Gasteiger partial charge < -0.3 is 15.0 Å². The highest BCUT2D eigenvalue weighted by Crippen LogP contribution is 2.18. The molecule has 1 saturated carbocycles. The average molecular weight is 366 g/mol. The second kappa shape index (κ2) is 8.35. The van der Waals surface area contributed by atoms with E-state index in [4.69, 9.17) is 4.98 Å². The Morgan fingerprint density at radius 1 is 1.19 bits per heavy atom. The van der Waals surface area contributed by atoms with Crippen LogP contribution in [0.25, 0.3) is 11.5 Å². The van der Waals surface area contributed by atoms with E-state index in [2.05, 4.69) is 20.0 Å². The Hall–Kier alpha value is -2.67. The Bertz CT molecular complexity index is 879. The van der Waals surface area contributed by atoms with E-state index < -0.39 is 0 Å². The molecule has 3 aromatic heterocycles. The van der Waals surface area contributed by atoms with Gasteiger partial charge in [0.25, 0.3) is 0 Å². The zero-order valence-electron chi connectivity index (χ0n) is 15.5. The van der Waals surface area contributed by atoms with Crippen molar-refractivity contribution in [2.45, 2.75) is 51.1 Å². The molecule has 7 nitrogen and oxygen atoms in total. The largest absolute Gasteiger partial charge is 0.353 e. The van der Waals surface area contributed by atoms with Crippen LogP contribution >= 0.6 is 0 Å². The van der Waals surface area contributed by atoms with Gasteiger partial charge in [-0.15, -0.1) is 0 Å². The van der Waals surface area contributed by atoms with E-state index in [0.29, 0.717) is 25.6 Å². The first kappa shape index (κ1) is 17.7. The highest BCUT2D eigenvalue weighted by atomic mass is 16.1. The molecule has 0 bridgehead atoms. The number of carbonyl (C=O) groups is 1. The quantitative estimate of drug-likeness (QED) is 0.630. The number of fused-ring (bicyclic) bond motifs is 1. The van der Waals surface area contributed by atoms with Crippen LogP contribution < -0.4 is 10.6 Å². The molecule has 0 radical (unpaired) electrons. The van der Waals surface area contributed by atoms with Gasteiger partial charge in [-0.05, 0) is 25.0 Å². The molecule has 1 aliphatic carbocycles. The van der Waals surface area contributed by atoms with E-state index in [9.17, 15) is 4.79 Å². The number of pyridine rings is 1. The van der Waals surface area contributed by atoms with Crippen molar-refractivity contribution in [3.63, 3.8) is 0 Å². The van der Waals surface area contributed by atoms with Gasteiger partial charge in [-0.2, -0.15) is 0 Å². The Labute approximate surface area is 158 Å². The molecule has 3 aromatic rings. The number of hydrogen-bond donors (Lipinski definition) is 2. The minimum absolute atomic E-state index is 0.141. The van der Waals surface area contributed by atoms with Gasteiger partial charge in [-0.3, -0.25) is 9.36 Å². The van der Waals surface area contributed by atoms with Crippen molar-refractivity contribution in [2.75, 3.05) is 6.54 Å². The molecule has 0 aliphatic heterocycles. The molecule has 0 atom stereocenters. The number of nitrogens with one attached hydrogen (secondary N) is 2. The maximum Gasteiger partial charge on any atom is 0.221 e. The summed E-state index contributed by atoms with van der Waals surface area (Å²) >= 11 is 0. The number of amides is 1. The molecule has 4 rings (SSSR count). The fraction of sp³-hybridized carbons (Fsp3) is 0.450. The van der Waals surface area contributed by atoms with Crippen molar-refractivity contribution < 1.29 is 4.79 Å². The smallest absolute Gasteiger partial charge is 0.221 e. The number of nitrogens with zero attached hydrogens (tertiary/aromatic N) is 4. The van der Waals surface area contributed by atoms with Crippen molar-refractivity contribution in [1.29, 1.82) is 0 Å². The number of rotatable bonds is 7. The van der Waals surface area contributed by atoms with Crippen LogP contribution in [0.4, 0.5) is 0 Å². The van der Waals surface area contributed by atoms with E-state index in [-0.39, 0.29) is 5.91 Å². The van der Waals surface area contributed by atoms with Crippen LogP contribution in [0, 0.1) is 0 Å². The molecule has 1 amide bonds. The third-order valence-corrected chi connectivity index (χ3v) is 5.15. The molecule has 0 aromatic carbocycles. The van der Waals surface area contributed by atoms with Crippen LogP contribution in [0.5, 0.6) is 0 Å². The average Bonchev–Trinajstić information content (AvgIpc) is 3.34. The SMILES string of the molecule is O=C(CCNCc1c(-n2ccnc2)nc2ccccn12)NC1CCCCC1. The second-order valence-corrected chi connectivity index (χ2v) is 7.11. The minimum atomic E-state index is 0.141. The highest BCUT2D eigenvalue weighted by molar-refractivity contribution is 5.76. The fourth-order valence-corrected chi connectivity index (χ4v) is 3.75. The van der Waals surface area contributed by atoms with E-state index in [1.54, 1.807) is 12.5 Å². The van der Waals surface area contributed by atoms with Gasteiger partial charge in [0.1, 0.15) is 12.0 Å². The molecule has 1 aliphatic rings. The van der Waals surface area contributed by atoms with E-state index in [0.717, 1.165) is 30.0 Å². The molecular formula is C20H26N6O. The summed E-state index contributed by atoms with van der Waals surface area (Å²) in [5.41, 5.74) is 1.95. The van der Waals surface area contributed by atoms with Crippen molar-refractivity contribution in [2.24, 2.45) is 0 Å². The Kier molecular flexibility index (Phi) is 5.48. The van der Waals surface area contributed by atoms with Gasteiger partial charge in [-0.1, -0.05) is 25.3 Å². The van der Waals surface area contributed by atoms with Crippen molar-refractivity contribution in [3.8, 4) is 5.82 Å². The third kappa shape index (κ3) is 4.19. The molecule has 0 saturated heterocycles. The second-order valence-electron chi connectivity index (χ2n) is 7.11. The summed E-state index contributed by atoms with van der Waals surface area (Å²) in [6.45, 7) is 1.28.